The zero-order chi connectivity index (χ0) is 15.4. The van der Waals surface area contributed by atoms with Crippen molar-refractivity contribution in [3.05, 3.63) is 47.5 Å². The van der Waals surface area contributed by atoms with E-state index in [1.807, 2.05) is 6.07 Å². The lowest BCUT2D eigenvalue weighted by atomic mass is 10.2. The summed E-state index contributed by atoms with van der Waals surface area (Å²) in [5.41, 5.74) is 7.47. The highest BCUT2D eigenvalue weighted by molar-refractivity contribution is 6.31. The molecule has 0 aliphatic carbocycles. The van der Waals surface area contributed by atoms with Gasteiger partial charge in [-0.2, -0.15) is 0 Å². The highest BCUT2D eigenvalue weighted by Gasteiger charge is 2.10. The Labute approximate surface area is 127 Å². The predicted octanol–water partition coefficient (Wildman–Crippen LogP) is 2.70. The Bertz CT molecular complexity index is 661. The number of amides is 1. The molecule has 2 aromatic rings. The summed E-state index contributed by atoms with van der Waals surface area (Å²) in [6, 6.07) is 11.6. The highest BCUT2D eigenvalue weighted by Crippen LogP contribution is 2.23. The summed E-state index contributed by atoms with van der Waals surface area (Å²) in [7, 11) is 1.76. The lowest BCUT2D eigenvalue weighted by molar-refractivity contribution is -0.114. The predicted molar refractivity (Wildman–Crippen MR) is 85.9 cm³/mol. The molecule has 0 heterocycles. The molecule has 0 radical (unpaired) electrons. The summed E-state index contributed by atoms with van der Waals surface area (Å²) in [6.07, 6.45) is 0. The number of likely N-dealkylation sites (N-methyl/N-ethyl adjacent to an activating group) is 1. The van der Waals surface area contributed by atoms with Crippen LogP contribution in [0.25, 0.3) is 0 Å². The number of anilines is 3. The minimum atomic E-state index is -0.213. The van der Waals surface area contributed by atoms with Crippen molar-refractivity contribution >= 4 is 34.6 Å². The first-order valence-corrected chi connectivity index (χ1v) is 6.68. The highest BCUT2D eigenvalue weighted by atomic mass is 35.5. The number of rotatable bonds is 4. The van der Waals surface area contributed by atoms with Crippen molar-refractivity contribution in [1.29, 1.82) is 0 Å². The van der Waals surface area contributed by atoms with E-state index in [0.29, 0.717) is 16.4 Å². The van der Waals surface area contributed by atoms with Crippen LogP contribution in [0.2, 0.25) is 5.02 Å². The summed E-state index contributed by atoms with van der Waals surface area (Å²) >= 11 is 5.81. The number of phenolic OH excluding ortho intramolecular Hbond substituents is 1. The molecular formula is C15H16ClN3O2. The Morgan fingerprint density at radius 3 is 2.76 bits per heavy atom. The lowest BCUT2D eigenvalue weighted by Gasteiger charge is -2.19. The summed E-state index contributed by atoms with van der Waals surface area (Å²) < 4.78 is 0. The van der Waals surface area contributed by atoms with Crippen LogP contribution in [0.1, 0.15) is 0 Å². The number of benzene rings is 2. The molecule has 0 bridgehead atoms. The quantitative estimate of drug-likeness (QED) is 0.759. The topological polar surface area (TPSA) is 78.6 Å². The number of carbonyl (C=O) groups is 1. The molecule has 0 aliphatic rings. The van der Waals surface area contributed by atoms with Crippen molar-refractivity contribution in [1.82, 2.24) is 0 Å². The molecule has 0 aromatic heterocycles. The smallest absolute Gasteiger partial charge is 0.243 e. The van der Waals surface area contributed by atoms with Gasteiger partial charge >= 0.3 is 0 Å². The fourth-order valence-electron chi connectivity index (χ4n) is 1.87. The van der Waals surface area contributed by atoms with Crippen molar-refractivity contribution in [2.24, 2.45) is 0 Å². The van der Waals surface area contributed by atoms with Gasteiger partial charge in [-0.25, -0.2) is 0 Å². The van der Waals surface area contributed by atoms with E-state index in [4.69, 9.17) is 17.3 Å². The summed E-state index contributed by atoms with van der Waals surface area (Å²) in [4.78, 5) is 13.7. The number of nitrogen functional groups attached to an aromatic ring is 1. The molecule has 0 spiro atoms. The van der Waals surface area contributed by atoms with Gasteiger partial charge < -0.3 is 21.1 Å². The average Bonchev–Trinajstić information content (AvgIpc) is 2.42. The molecule has 0 fully saturated rings. The van der Waals surface area contributed by atoms with Gasteiger partial charge in [0.25, 0.3) is 0 Å². The van der Waals surface area contributed by atoms with Crippen molar-refractivity contribution in [3.8, 4) is 5.75 Å². The van der Waals surface area contributed by atoms with Crippen molar-refractivity contribution in [3.63, 3.8) is 0 Å². The Kier molecular flexibility index (Phi) is 4.55. The van der Waals surface area contributed by atoms with E-state index >= 15 is 0 Å². The molecule has 21 heavy (non-hydrogen) atoms. The molecule has 6 heteroatoms. The molecular weight excluding hydrogens is 290 g/mol. The minimum Gasteiger partial charge on any atom is -0.508 e. The second kappa shape index (κ2) is 6.37. The first-order valence-electron chi connectivity index (χ1n) is 6.31. The second-order valence-corrected chi connectivity index (χ2v) is 5.09. The van der Waals surface area contributed by atoms with Gasteiger partial charge in [0.15, 0.2) is 0 Å². The van der Waals surface area contributed by atoms with E-state index in [2.05, 4.69) is 5.32 Å². The van der Waals surface area contributed by atoms with Gasteiger partial charge in [-0.05, 0) is 30.3 Å². The number of phenols is 1. The third kappa shape index (κ3) is 4.03. The molecule has 110 valence electrons. The third-order valence-electron chi connectivity index (χ3n) is 2.94. The summed E-state index contributed by atoms with van der Waals surface area (Å²) in [6.45, 7) is 0.130. The zero-order valence-electron chi connectivity index (χ0n) is 11.5. The Morgan fingerprint density at radius 1 is 1.33 bits per heavy atom. The number of halogens is 1. The summed E-state index contributed by atoms with van der Waals surface area (Å²) in [5.74, 6) is -0.0587. The van der Waals surface area contributed by atoms with E-state index in [1.54, 1.807) is 48.3 Å². The Hall–Kier alpha value is -2.40. The number of hydrogen-bond acceptors (Lipinski definition) is 4. The van der Waals surface area contributed by atoms with Crippen molar-refractivity contribution in [2.45, 2.75) is 0 Å². The molecule has 0 saturated carbocycles. The maximum Gasteiger partial charge on any atom is 0.243 e. The average molecular weight is 306 g/mol. The van der Waals surface area contributed by atoms with Crippen molar-refractivity contribution < 1.29 is 9.90 Å². The number of nitrogens with zero attached hydrogens (tertiary/aromatic N) is 1. The molecule has 0 atom stereocenters. The number of aromatic hydroxyl groups is 1. The SMILES string of the molecule is CN(CC(=O)Nc1ccc(Cl)cc1N)c1cccc(O)c1. The minimum absolute atomic E-state index is 0.130. The van der Waals surface area contributed by atoms with E-state index in [9.17, 15) is 9.90 Å². The Morgan fingerprint density at radius 2 is 2.10 bits per heavy atom. The van der Waals surface area contributed by atoms with Gasteiger partial charge in [0.05, 0.1) is 17.9 Å². The maximum atomic E-state index is 12.0. The molecule has 1 amide bonds. The van der Waals surface area contributed by atoms with Gasteiger partial charge in [0.2, 0.25) is 5.91 Å². The van der Waals surface area contributed by atoms with Gasteiger partial charge in [-0.3, -0.25) is 4.79 Å². The fraction of sp³-hybridized carbons (Fsp3) is 0.133. The van der Waals surface area contributed by atoms with Crippen LogP contribution in [0.5, 0.6) is 5.75 Å². The largest absolute Gasteiger partial charge is 0.508 e. The third-order valence-corrected chi connectivity index (χ3v) is 3.17. The normalized spacial score (nSPS) is 10.2. The molecule has 5 nitrogen and oxygen atoms in total. The van der Waals surface area contributed by atoms with Crippen LogP contribution in [0.3, 0.4) is 0 Å². The number of nitrogens with two attached hydrogens (primary N) is 1. The molecule has 0 saturated heterocycles. The van der Waals surface area contributed by atoms with Gasteiger partial charge in [-0.1, -0.05) is 17.7 Å². The van der Waals surface area contributed by atoms with Crippen molar-refractivity contribution in [2.75, 3.05) is 29.5 Å². The summed E-state index contributed by atoms with van der Waals surface area (Å²) in [5, 5.41) is 12.7. The lowest BCUT2D eigenvalue weighted by Crippen LogP contribution is -2.30. The van der Waals surface area contributed by atoms with Crippen LogP contribution in [-0.4, -0.2) is 24.6 Å². The van der Waals surface area contributed by atoms with E-state index in [1.165, 1.54) is 0 Å². The maximum absolute atomic E-state index is 12.0. The van der Waals surface area contributed by atoms with Crippen LogP contribution in [0.15, 0.2) is 42.5 Å². The standard InChI is InChI=1S/C15H16ClN3O2/c1-19(11-3-2-4-12(20)8-11)9-15(21)18-14-6-5-10(16)7-13(14)17/h2-8,20H,9,17H2,1H3,(H,18,21). The zero-order valence-corrected chi connectivity index (χ0v) is 12.3. The van der Waals surface area contributed by atoms with Gasteiger partial charge in [0.1, 0.15) is 5.75 Å². The first kappa shape index (κ1) is 15.0. The van der Waals surface area contributed by atoms with Crippen LogP contribution >= 0.6 is 11.6 Å². The Balaban J connectivity index is 2.01. The van der Waals surface area contributed by atoms with Crippen LogP contribution < -0.4 is 16.0 Å². The van der Waals surface area contributed by atoms with Gasteiger partial charge in [0, 0.05) is 23.8 Å². The first-order chi connectivity index (χ1) is 9.95. The molecule has 0 aliphatic heterocycles. The number of carbonyl (C=O) groups excluding carboxylic acids is 1. The van der Waals surface area contributed by atoms with Gasteiger partial charge in [-0.15, -0.1) is 0 Å². The second-order valence-electron chi connectivity index (χ2n) is 4.66. The number of hydrogen-bond donors (Lipinski definition) is 3. The monoisotopic (exact) mass is 305 g/mol. The fourth-order valence-corrected chi connectivity index (χ4v) is 2.05. The number of nitrogens with one attached hydrogen (secondary N) is 1. The van der Waals surface area contributed by atoms with E-state index in [-0.39, 0.29) is 18.2 Å². The molecule has 2 aromatic carbocycles. The van der Waals surface area contributed by atoms with Crippen LogP contribution in [0.4, 0.5) is 17.1 Å². The molecule has 0 unspecified atom stereocenters. The van der Waals surface area contributed by atoms with Crippen LogP contribution in [-0.2, 0) is 4.79 Å². The van der Waals surface area contributed by atoms with E-state index in [0.717, 1.165) is 5.69 Å². The molecule has 2 rings (SSSR count). The van der Waals surface area contributed by atoms with Crippen LogP contribution in [0, 0.1) is 0 Å². The van der Waals surface area contributed by atoms with E-state index < -0.39 is 0 Å². The molecule has 4 N–H and O–H groups in total.